The lowest BCUT2D eigenvalue weighted by Crippen LogP contribution is -2.26. The Morgan fingerprint density at radius 1 is 1.23 bits per heavy atom. The molecule has 0 saturated heterocycles. The number of unbranched alkanes of at least 4 members (excludes halogenated alkanes) is 3. The first kappa shape index (κ1) is 20.6. The first-order chi connectivity index (χ1) is 14.8. The normalized spacial score (nSPS) is 15.8. The molecule has 1 aromatic carbocycles. The Morgan fingerprint density at radius 3 is 3.00 bits per heavy atom. The van der Waals surface area contributed by atoms with Gasteiger partial charge >= 0.3 is 0 Å². The van der Waals surface area contributed by atoms with Crippen LogP contribution in [0.2, 0.25) is 0 Å². The summed E-state index contributed by atoms with van der Waals surface area (Å²) in [5.74, 6) is -0.0443. The molecule has 1 atom stereocenters. The molecule has 3 aromatic rings. The maximum absolute atomic E-state index is 12.7. The number of benzene rings is 1. The van der Waals surface area contributed by atoms with Crippen LogP contribution in [0.5, 0.6) is 0 Å². The van der Waals surface area contributed by atoms with Gasteiger partial charge in [-0.15, -0.1) is 0 Å². The molecule has 4 rings (SSSR count). The molecule has 1 aliphatic rings. The molecule has 2 heterocycles. The molecule has 0 saturated carbocycles. The van der Waals surface area contributed by atoms with Crippen molar-refractivity contribution in [3.05, 3.63) is 65.1 Å². The van der Waals surface area contributed by atoms with Gasteiger partial charge in [0.25, 0.3) is 5.91 Å². The van der Waals surface area contributed by atoms with Crippen molar-refractivity contribution in [2.45, 2.75) is 64.5 Å². The van der Waals surface area contributed by atoms with Crippen LogP contribution in [-0.4, -0.2) is 22.4 Å². The van der Waals surface area contributed by atoms with Crippen LogP contribution in [0.3, 0.4) is 0 Å². The predicted octanol–water partition coefficient (Wildman–Crippen LogP) is 5.04. The van der Waals surface area contributed by atoms with E-state index >= 15 is 0 Å². The quantitative estimate of drug-likeness (QED) is 0.438. The van der Waals surface area contributed by atoms with E-state index < -0.39 is 0 Å². The zero-order valence-corrected chi connectivity index (χ0v) is 17.8. The molecule has 5 nitrogen and oxygen atoms in total. The molecule has 0 bridgehead atoms. The van der Waals surface area contributed by atoms with Gasteiger partial charge in [-0.1, -0.05) is 32.3 Å². The smallest absolute Gasteiger partial charge is 0.251 e. The van der Waals surface area contributed by atoms with Gasteiger partial charge in [0.05, 0.1) is 0 Å². The lowest BCUT2D eigenvalue weighted by molar-refractivity contribution is 0.0951. The van der Waals surface area contributed by atoms with Gasteiger partial charge in [0.2, 0.25) is 0 Å². The molecule has 1 amide bonds. The Morgan fingerprint density at radius 2 is 2.17 bits per heavy atom. The van der Waals surface area contributed by atoms with Gasteiger partial charge in [0.1, 0.15) is 0 Å². The average molecular weight is 405 g/mol. The van der Waals surface area contributed by atoms with Crippen LogP contribution in [0.1, 0.15) is 78.7 Å². The molecule has 0 fully saturated rings. The molecule has 0 spiro atoms. The summed E-state index contributed by atoms with van der Waals surface area (Å²) in [6.07, 6.45) is 12.1. The highest BCUT2D eigenvalue weighted by Gasteiger charge is 2.24. The second-order valence-electron chi connectivity index (χ2n) is 8.28. The minimum Gasteiger partial charge on any atom is -0.357 e. The van der Waals surface area contributed by atoms with E-state index in [1.165, 1.54) is 55.2 Å². The number of hydrogen-bond donors (Lipinski definition) is 3. The maximum Gasteiger partial charge on any atom is 0.251 e. The molecule has 0 radical (unpaired) electrons. The number of aromatic amines is 1. The van der Waals surface area contributed by atoms with Crippen LogP contribution in [0.25, 0.3) is 10.9 Å². The number of hydrogen-bond acceptors (Lipinski definition) is 3. The fourth-order valence-corrected chi connectivity index (χ4v) is 4.42. The van der Waals surface area contributed by atoms with Gasteiger partial charge in [-0.2, -0.15) is 0 Å². The van der Waals surface area contributed by atoms with E-state index in [0.29, 0.717) is 18.2 Å². The molecule has 2 aromatic heterocycles. The summed E-state index contributed by atoms with van der Waals surface area (Å²) in [6.45, 7) is 3.81. The third-order valence-corrected chi connectivity index (χ3v) is 6.07. The third-order valence-electron chi connectivity index (χ3n) is 6.07. The van der Waals surface area contributed by atoms with Crippen LogP contribution in [0, 0.1) is 0 Å². The number of aromatic nitrogens is 2. The number of nitrogens with zero attached hydrogens (tertiary/aromatic N) is 1. The van der Waals surface area contributed by atoms with Crippen molar-refractivity contribution in [2.75, 3.05) is 6.54 Å². The van der Waals surface area contributed by atoms with E-state index in [1.54, 1.807) is 12.4 Å². The van der Waals surface area contributed by atoms with Crippen molar-refractivity contribution in [2.24, 2.45) is 0 Å². The third kappa shape index (κ3) is 4.73. The van der Waals surface area contributed by atoms with Crippen LogP contribution in [-0.2, 0) is 13.0 Å². The summed E-state index contributed by atoms with van der Waals surface area (Å²) in [5.41, 5.74) is 5.54. The zero-order valence-electron chi connectivity index (χ0n) is 17.8. The van der Waals surface area contributed by atoms with Gasteiger partial charge in [-0.05, 0) is 67.6 Å². The van der Waals surface area contributed by atoms with Gasteiger partial charge < -0.3 is 15.6 Å². The Balaban J connectivity index is 1.46. The summed E-state index contributed by atoms with van der Waals surface area (Å²) < 4.78 is 0. The van der Waals surface area contributed by atoms with Crippen LogP contribution in [0.15, 0.2) is 42.7 Å². The highest BCUT2D eigenvalue weighted by atomic mass is 16.1. The lowest BCUT2D eigenvalue weighted by atomic mass is 9.91. The number of pyridine rings is 1. The van der Waals surface area contributed by atoms with E-state index in [9.17, 15) is 4.79 Å². The van der Waals surface area contributed by atoms with Crippen LogP contribution >= 0.6 is 0 Å². The van der Waals surface area contributed by atoms with E-state index in [2.05, 4.69) is 27.5 Å². The number of fused-ring (bicyclic) bond motifs is 3. The fourth-order valence-electron chi connectivity index (χ4n) is 4.42. The Bertz CT molecular complexity index is 979. The Kier molecular flexibility index (Phi) is 6.80. The highest BCUT2D eigenvalue weighted by molar-refractivity contribution is 5.99. The van der Waals surface area contributed by atoms with Gasteiger partial charge in [0.15, 0.2) is 0 Å². The number of rotatable bonds is 9. The SMILES string of the molecule is CCCCCCNC1CCCc2c1[nH]c1ccc(C(=O)NCc3cccnc3)cc21. The first-order valence-electron chi connectivity index (χ1n) is 11.3. The summed E-state index contributed by atoms with van der Waals surface area (Å²) >= 11 is 0. The summed E-state index contributed by atoms with van der Waals surface area (Å²) in [6, 6.07) is 10.3. The number of H-pyrrole nitrogens is 1. The number of aryl methyl sites for hydroxylation is 1. The largest absolute Gasteiger partial charge is 0.357 e. The molecular weight excluding hydrogens is 372 g/mol. The number of nitrogens with one attached hydrogen (secondary N) is 3. The minimum atomic E-state index is -0.0443. The van der Waals surface area contributed by atoms with Crippen molar-refractivity contribution >= 4 is 16.8 Å². The Hall–Kier alpha value is -2.66. The number of carbonyl (C=O) groups is 1. The lowest BCUT2D eigenvalue weighted by Gasteiger charge is -2.24. The summed E-state index contributed by atoms with van der Waals surface area (Å²) in [7, 11) is 0. The van der Waals surface area contributed by atoms with Crippen molar-refractivity contribution in [1.82, 2.24) is 20.6 Å². The van der Waals surface area contributed by atoms with Crippen molar-refractivity contribution in [1.29, 1.82) is 0 Å². The van der Waals surface area contributed by atoms with E-state index in [-0.39, 0.29) is 5.91 Å². The molecule has 0 aliphatic heterocycles. The molecule has 30 heavy (non-hydrogen) atoms. The number of carbonyl (C=O) groups excluding carboxylic acids is 1. The molecule has 158 valence electrons. The van der Waals surface area contributed by atoms with Gasteiger partial charge in [0, 0.05) is 47.1 Å². The minimum absolute atomic E-state index is 0.0443. The number of amides is 1. The van der Waals surface area contributed by atoms with Crippen molar-refractivity contribution in [3.8, 4) is 0 Å². The second kappa shape index (κ2) is 9.90. The fraction of sp³-hybridized carbons (Fsp3) is 0.440. The highest BCUT2D eigenvalue weighted by Crippen LogP contribution is 2.35. The van der Waals surface area contributed by atoms with E-state index in [0.717, 1.165) is 24.0 Å². The average Bonchev–Trinajstić information content (AvgIpc) is 3.17. The standard InChI is InChI=1S/C25H32N4O/c1-2-3-4-5-14-27-23-10-6-9-20-21-15-19(11-12-22(21)29-24(20)23)25(30)28-17-18-8-7-13-26-16-18/h7-8,11-13,15-16,23,27,29H,2-6,9-10,14,17H2,1H3,(H,28,30). The summed E-state index contributed by atoms with van der Waals surface area (Å²) in [4.78, 5) is 20.4. The molecule has 3 N–H and O–H groups in total. The van der Waals surface area contributed by atoms with Gasteiger partial charge in [-0.3, -0.25) is 9.78 Å². The zero-order chi connectivity index (χ0) is 20.8. The molecule has 1 unspecified atom stereocenters. The topological polar surface area (TPSA) is 69.8 Å². The molecule has 1 aliphatic carbocycles. The Labute approximate surface area is 178 Å². The van der Waals surface area contributed by atoms with Gasteiger partial charge in [-0.25, -0.2) is 0 Å². The van der Waals surface area contributed by atoms with Crippen LogP contribution < -0.4 is 10.6 Å². The first-order valence-corrected chi connectivity index (χ1v) is 11.3. The van der Waals surface area contributed by atoms with E-state index in [4.69, 9.17) is 0 Å². The summed E-state index contributed by atoms with van der Waals surface area (Å²) in [5, 5.41) is 7.95. The second-order valence-corrected chi connectivity index (χ2v) is 8.28. The monoisotopic (exact) mass is 404 g/mol. The maximum atomic E-state index is 12.7. The van der Waals surface area contributed by atoms with Crippen molar-refractivity contribution < 1.29 is 4.79 Å². The predicted molar refractivity (Wildman–Crippen MR) is 122 cm³/mol. The van der Waals surface area contributed by atoms with Crippen molar-refractivity contribution in [3.63, 3.8) is 0 Å². The molecule has 5 heteroatoms. The van der Waals surface area contributed by atoms with Crippen LogP contribution in [0.4, 0.5) is 0 Å². The van der Waals surface area contributed by atoms with E-state index in [1.807, 2.05) is 30.3 Å². The molecular formula is C25H32N4O.